The third-order valence-electron chi connectivity index (χ3n) is 3.79. The Morgan fingerprint density at radius 2 is 1.92 bits per heavy atom. The molecule has 7 nitrogen and oxygen atoms in total. The molecule has 0 unspecified atom stereocenters. The maximum atomic E-state index is 12.4. The number of aryl methyl sites for hydroxylation is 1. The van der Waals surface area contributed by atoms with Crippen LogP contribution in [0.1, 0.15) is 5.56 Å². The van der Waals surface area contributed by atoms with Crippen LogP contribution in [0.2, 0.25) is 5.02 Å². The van der Waals surface area contributed by atoms with Crippen LogP contribution in [0.15, 0.2) is 36.4 Å². The van der Waals surface area contributed by atoms with Crippen molar-refractivity contribution in [2.45, 2.75) is 6.92 Å². The van der Waals surface area contributed by atoms with E-state index >= 15 is 0 Å². The molecule has 0 radical (unpaired) electrons. The van der Waals surface area contributed by atoms with Gasteiger partial charge in [-0.15, -0.1) is 0 Å². The fraction of sp³-hybridized carbons (Fsp3) is 0.235. The number of rotatable bonds is 5. The van der Waals surface area contributed by atoms with Gasteiger partial charge in [-0.2, -0.15) is 0 Å². The van der Waals surface area contributed by atoms with E-state index in [1.165, 1.54) is 6.07 Å². The second kappa shape index (κ2) is 7.05. The van der Waals surface area contributed by atoms with Crippen molar-refractivity contribution in [3.8, 4) is 11.5 Å². The molecule has 0 saturated heterocycles. The van der Waals surface area contributed by atoms with E-state index in [-0.39, 0.29) is 13.3 Å². The highest BCUT2D eigenvalue weighted by atomic mass is 35.5. The van der Waals surface area contributed by atoms with Crippen LogP contribution >= 0.6 is 11.6 Å². The summed E-state index contributed by atoms with van der Waals surface area (Å²) < 4.78 is 35.8. The maximum Gasteiger partial charge on any atom is 0.245 e. The van der Waals surface area contributed by atoms with E-state index in [4.69, 9.17) is 21.1 Å². The number of nitrogens with zero attached hydrogens (tertiary/aromatic N) is 1. The van der Waals surface area contributed by atoms with Crippen LogP contribution in [-0.4, -0.2) is 33.9 Å². The maximum absolute atomic E-state index is 12.4. The van der Waals surface area contributed by atoms with Gasteiger partial charge in [-0.3, -0.25) is 9.10 Å². The molecule has 0 bridgehead atoms. The standard InChI is InChI=1S/C17H17ClN2O5S/c1-11-3-4-12(7-14(11)18)19-17(21)9-20(26(2,22)23)13-5-6-15-16(8-13)25-10-24-15/h3-8H,9-10H2,1-2H3,(H,19,21). The first-order valence-electron chi connectivity index (χ1n) is 7.67. The SMILES string of the molecule is Cc1ccc(NC(=O)CN(c2ccc3c(c2)OCO3)S(C)(=O)=O)cc1Cl. The van der Waals surface area contributed by atoms with Gasteiger partial charge in [-0.25, -0.2) is 8.42 Å². The smallest absolute Gasteiger partial charge is 0.245 e. The van der Waals surface area contributed by atoms with Gasteiger partial charge >= 0.3 is 0 Å². The van der Waals surface area contributed by atoms with E-state index in [9.17, 15) is 13.2 Å². The zero-order valence-electron chi connectivity index (χ0n) is 14.2. The molecule has 0 aliphatic carbocycles. The van der Waals surface area contributed by atoms with E-state index in [2.05, 4.69) is 5.32 Å². The van der Waals surface area contributed by atoms with Crippen LogP contribution < -0.4 is 19.1 Å². The van der Waals surface area contributed by atoms with E-state index in [1.54, 1.807) is 30.3 Å². The fourth-order valence-electron chi connectivity index (χ4n) is 2.44. The first-order valence-corrected chi connectivity index (χ1v) is 9.90. The largest absolute Gasteiger partial charge is 0.454 e. The third-order valence-corrected chi connectivity index (χ3v) is 5.34. The Kier molecular flexibility index (Phi) is 4.97. The summed E-state index contributed by atoms with van der Waals surface area (Å²) in [5.74, 6) is 0.468. The van der Waals surface area contributed by atoms with Crippen molar-refractivity contribution < 1.29 is 22.7 Å². The molecule has 138 valence electrons. The molecule has 0 spiro atoms. The highest BCUT2D eigenvalue weighted by Gasteiger charge is 2.24. The number of carbonyl (C=O) groups excluding carboxylic acids is 1. The molecule has 0 fully saturated rings. The van der Waals surface area contributed by atoms with Gasteiger partial charge in [0.1, 0.15) is 6.54 Å². The van der Waals surface area contributed by atoms with Crippen molar-refractivity contribution in [2.24, 2.45) is 0 Å². The lowest BCUT2D eigenvalue weighted by Gasteiger charge is -2.22. The molecule has 0 saturated carbocycles. The number of anilines is 2. The second-order valence-electron chi connectivity index (χ2n) is 5.82. The lowest BCUT2D eigenvalue weighted by molar-refractivity contribution is -0.114. The Morgan fingerprint density at radius 1 is 1.19 bits per heavy atom. The number of halogens is 1. The summed E-state index contributed by atoms with van der Waals surface area (Å²) >= 11 is 6.04. The summed E-state index contributed by atoms with van der Waals surface area (Å²) in [5.41, 5.74) is 1.68. The average Bonchev–Trinajstić information content (AvgIpc) is 3.02. The number of ether oxygens (including phenoxy) is 2. The van der Waals surface area contributed by atoms with Gasteiger partial charge in [0, 0.05) is 16.8 Å². The number of nitrogens with one attached hydrogen (secondary N) is 1. The minimum atomic E-state index is -3.69. The summed E-state index contributed by atoms with van der Waals surface area (Å²) in [7, 11) is -3.69. The lowest BCUT2D eigenvalue weighted by Crippen LogP contribution is -2.37. The molecule has 1 aliphatic rings. The lowest BCUT2D eigenvalue weighted by atomic mass is 10.2. The van der Waals surface area contributed by atoms with E-state index in [0.717, 1.165) is 16.1 Å². The molecular weight excluding hydrogens is 380 g/mol. The van der Waals surface area contributed by atoms with Crippen LogP contribution in [-0.2, 0) is 14.8 Å². The Morgan fingerprint density at radius 3 is 2.62 bits per heavy atom. The molecule has 1 amide bonds. The first-order chi connectivity index (χ1) is 12.2. The van der Waals surface area contributed by atoms with Gasteiger partial charge in [-0.05, 0) is 36.8 Å². The van der Waals surface area contributed by atoms with Crippen LogP contribution in [0.25, 0.3) is 0 Å². The van der Waals surface area contributed by atoms with E-state index in [0.29, 0.717) is 27.9 Å². The zero-order chi connectivity index (χ0) is 18.9. The van der Waals surface area contributed by atoms with Crippen LogP contribution in [0, 0.1) is 6.92 Å². The molecule has 26 heavy (non-hydrogen) atoms. The van der Waals surface area contributed by atoms with Gasteiger partial charge in [0.05, 0.1) is 11.9 Å². The molecular formula is C17H17ClN2O5S. The molecule has 1 aliphatic heterocycles. The normalized spacial score (nSPS) is 12.7. The summed E-state index contributed by atoms with van der Waals surface area (Å²) in [5, 5.41) is 3.16. The minimum Gasteiger partial charge on any atom is -0.454 e. The number of sulfonamides is 1. The number of amides is 1. The summed E-state index contributed by atoms with van der Waals surface area (Å²) in [6.07, 6.45) is 1.04. The molecule has 3 rings (SSSR count). The number of hydrogen-bond acceptors (Lipinski definition) is 5. The van der Waals surface area contributed by atoms with E-state index in [1.807, 2.05) is 6.92 Å². The zero-order valence-corrected chi connectivity index (χ0v) is 15.7. The van der Waals surface area contributed by atoms with Gasteiger partial charge in [0.25, 0.3) is 0 Å². The Hall–Kier alpha value is -2.45. The molecule has 2 aromatic rings. The molecule has 1 N–H and O–H groups in total. The molecule has 2 aromatic carbocycles. The Labute approximate surface area is 156 Å². The number of fused-ring (bicyclic) bond motifs is 1. The molecule has 1 heterocycles. The van der Waals surface area contributed by atoms with Crippen LogP contribution in [0.4, 0.5) is 11.4 Å². The second-order valence-corrected chi connectivity index (χ2v) is 8.13. The summed E-state index contributed by atoms with van der Waals surface area (Å²) in [6.45, 7) is 1.54. The topological polar surface area (TPSA) is 84.9 Å². The van der Waals surface area contributed by atoms with Crippen molar-refractivity contribution in [3.63, 3.8) is 0 Å². The number of carbonyl (C=O) groups is 1. The summed E-state index contributed by atoms with van der Waals surface area (Å²) in [6, 6.07) is 9.77. The molecule has 0 atom stereocenters. The molecule has 0 aromatic heterocycles. The van der Waals surface area contributed by atoms with Crippen molar-refractivity contribution in [2.75, 3.05) is 29.2 Å². The quantitative estimate of drug-likeness (QED) is 0.840. The van der Waals surface area contributed by atoms with E-state index < -0.39 is 15.9 Å². The van der Waals surface area contributed by atoms with Gasteiger partial charge < -0.3 is 14.8 Å². The van der Waals surface area contributed by atoms with Crippen molar-refractivity contribution >= 4 is 38.9 Å². The summed E-state index contributed by atoms with van der Waals surface area (Å²) in [4.78, 5) is 12.4. The van der Waals surface area contributed by atoms with Crippen molar-refractivity contribution in [1.82, 2.24) is 0 Å². The minimum absolute atomic E-state index is 0.0757. The highest BCUT2D eigenvalue weighted by molar-refractivity contribution is 7.92. The van der Waals surface area contributed by atoms with Crippen molar-refractivity contribution in [3.05, 3.63) is 47.0 Å². The predicted octanol–water partition coefficient (Wildman–Crippen LogP) is 2.78. The van der Waals surface area contributed by atoms with Crippen LogP contribution in [0.3, 0.4) is 0 Å². The number of hydrogen-bond donors (Lipinski definition) is 1. The van der Waals surface area contributed by atoms with Gasteiger partial charge in [0.2, 0.25) is 22.7 Å². The molecule has 9 heteroatoms. The highest BCUT2D eigenvalue weighted by Crippen LogP contribution is 2.36. The Bertz CT molecular complexity index is 962. The average molecular weight is 397 g/mol. The van der Waals surface area contributed by atoms with Gasteiger partial charge in [-0.1, -0.05) is 17.7 Å². The monoisotopic (exact) mass is 396 g/mol. The third kappa shape index (κ3) is 4.03. The van der Waals surface area contributed by atoms with Crippen molar-refractivity contribution in [1.29, 1.82) is 0 Å². The first kappa shape index (κ1) is 18.3. The Balaban J connectivity index is 1.80. The fourth-order valence-corrected chi connectivity index (χ4v) is 3.47. The predicted molar refractivity (Wildman–Crippen MR) is 99.6 cm³/mol. The van der Waals surface area contributed by atoms with Gasteiger partial charge in [0.15, 0.2) is 11.5 Å². The number of benzene rings is 2. The van der Waals surface area contributed by atoms with Crippen LogP contribution in [0.5, 0.6) is 11.5 Å².